The van der Waals surface area contributed by atoms with E-state index in [2.05, 4.69) is 23.7 Å². The number of nitrogens with zero attached hydrogens (tertiary/aromatic N) is 2. The van der Waals surface area contributed by atoms with Gasteiger partial charge in [0.15, 0.2) is 0 Å². The lowest BCUT2D eigenvalue weighted by Gasteiger charge is -2.32. The van der Waals surface area contributed by atoms with Crippen molar-refractivity contribution in [3.05, 3.63) is 24.0 Å². The molecule has 0 unspecified atom stereocenters. The lowest BCUT2D eigenvalue weighted by atomic mass is 10.1. The van der Waals surface area contributed by atoms with E-state index in [0.717, 1.165) is 18.5 Å². The van der Waals surface area contributed by atoms with E-state index in [1.165, 1.54) is 0 Å². The first kappa shape index (κ1) is 14.4. The second-order valence-corrected chi connectivity index (χ2v) is 4.15. The molecule has 1 rings (SSSR count). The molecule has 0 radical (unpaired) electrons. The minimum Gasteiger partial charge on any atom is -0.395 e. The SMILES string of the molecule is CCC(CC)N(CCO)c1ccnc(C(N)=O)c1. The van der Waals surface area contributed by atoms with E-state index in [1.54, 1.807) is 12.3 Å². The number of hydrogen-bond acceptors (Lipinski definition) is 4. The number of primary amides is 1. The molecule has 0 saturated heterocycles. The fourth-order valence-corrected chi connectivity index (χ4v) is 2.09. The summed E-state index contributed by atoms with van der Waals surface area (Å²) in [5, 5.41) is 9.17. The Morgan fingerprint density at radius 2 is 2.17 bits per heavy atom. The number of amides is 1. The zero-order valence-electron chi connectivity index (χ0n) is 11.0. The normalized spacial score (nSPS) is 10.7. The monoisotopic (exact) mass is 251 g/mol. The number of carbonyl (C=O) groups excluding carboxylic acids is 1. The Hall–Kier alpha value is -1.62. The Balaban J connectivity index is 3.04. The van der Waals surface area contributed by atoms with Crippen LogP contribution in [0.15, 0.2) is 18.3 Å². The highest BCUT2D eigenvalue weighted by Gasteiger charge is 2.16. The second kappa shape index (κ2) is 6.96. The van der Waals surface area contributed by atoms with Crippen molar-refractivity contribution >= 4 is 11.6 Å². The lowest BCUT2D eigenvalue weighted by Crippen LogP contribution is -2.37. The van der Waals surface area contributed by atoms with E-state index in [4.69, 9.17) is 10.8 Å². The minimum absolute atomic E-state index is 0.0741. The van der Waals surface area contributed by atoms with Gasteiger partial charge in [-0.15, -0.1) is 0 Å². The Kier molecular flexibility index (Phi) is 5.58. The summed E-state index contributed by atoms with van der Waals surface area (Å²) in [6.07, 6.45) is 3.53. The van der Waals surface area contributed by atoms with Crippen molar-refractivity contribution in [1.82, 2.24) is 4.98 Å². The van der Waals surface area contributed by atoms with Crippen molar-refractivity contribution in [2.45, 2.75) is 32.7 Å². The summed E-state index contributed by atoms with van der Waals surface area (Å²) in [5.41, 5.74) is 6.36. The van der Waals surface area contributed by atoms with E-state index < -0.39 is 5.91 Å². The maximum atomic E-state index is 11.1. The summed E-state index contributed by atoms with van der Waals surface area (Å²) in [4.78, 5) is 17.2. The van der Waals surface area contributed by atoms with Gasteiger partial charge in [0.05, 0.1) is 6.61 Å². The zero-order chi connectivity index (χ0) is 13.5. The van der Waals surface area contributed by atoms with Gasteiger partial charge in [-0.3, -0.25) is 9.78 Å². The number of aliphatic hydroxyl groups excluding tert-OH is 1. The number of rotatable bonds is 7. The van der Waals surface area contributed by atoms with E-state index in [9.17, 15) is 4.79 Å². The molecule has 0 atom stereocenters. The maximum absolute atomic E-state index is 11.1. The Labute approximate surface area is 108 Å². The maximum Gasteiger partial charge on any atom is 0.267 e. The van der Waals surface area contributed by atoms with Crippen LogP contribution in [0, 0.1) is 0 Å². The number of anilines is 1. The number of aliphatic hydroxyl groups is 1. The predicted octanol–water partition coefficient (Wildman–Crippen LogP) is 1.17. The second-order valence-electron chi connectivity index (χ2n) is 4.15. The highest BCUT2D eigenvalue weighted by Crippen LogP contribution is 2.20. The van der Waals surface area contributed by atoms with Crippen molar-refractivity contribution in [1.29, 1.82) is 0 Å². The molecule has 0 bridgehead atoms. The van der Waals surface area contributed by atoms with E-state index >= 15 is 0 Å². The number of carbonyl (C=O) groups is 1. The molecule has 0 aliphatic rings. The summed E-state index contributed by atoms with van der Waals surface area (Å²) in [6, 6.07) is 3.84. The van der Waals surface area contributed by atoms with Gasteiger partial charge in [-0.25, -0.2) is 0 Å². The van der Waals surface area contributed by atoms with Crippen LogP contribution < -0.4 is 10.6 Å². The van der Waals surface area contributed by atoms with Gasteiger partial charge < -0.3 is 15.7 Å². The van der Waals surface area contributed by atoms with Crippen molar-refractivity contribution in [2.24, 2.45) is 5.73 Å². The van der Waals surface area contributed by atoms with Gasteiger partial charge in [0, 0.05) is 24.5 Å². The molecule has 0 aliphatic carbocycles. The molecule has 5 heteroatoms. The fraction of sp³-hybridized carbons (Fsp3) is 0.538. The van der Waals surface area contributed by atoms with Crippen LogP contribution in [0.1, 0.15) is 37.2 Å². The van der Waals surface area contributed by atoms with Gasteiger partial charge in [-0.1, -0.05) is 13.8 Å². The highest BCUT2D eigenvalue weighted by atomic mass is 16.3. The molecule has 18 heavy (non-hydrogen) atoms. The number of pyridine rings is 1. The molecule has 1 aromatic rings. The Morgan fingerprint density at radius 3 is 2.67 bits per heavy atom. The third-order valence-corrected chi connectivity index (χ3v) is 3.05. The molecule has 0 aromatic carbocycles. The molecule has 3 N–H and O–H groups in total. The summed E-state index contributed by atoms with van der Waals surface area (Å²) in [6.45, 7) is 4.82. The fourth-order valence-electron chi connectivity index (χ4n) is 2.09. The topological polar surface area (TPSA) is 79.4 Å². The van der Waals surface area contributed by atoms with E-state index in [1.807, 2.05) is 6.07 Å². The largest absolute Gasteiger partial charge is 0.395 e. The predicted molar refractivity (Wildman–Crippen MR) is 71.6 cm³/mol. The van der Waals surface area contributed by atoms with Gasteiger partial charge in [0.25, 0.3) is 5.91 Å². The van der Waals surface area contributed by atoms with E-state index in [-0.39, 0.29) is 12.3 Å². The Bertz CT molecular complexity index is 392. The van der Waals surface area contributed by atoms with Crippen LogP contribution in [0.3, 0.4) is 0 Å². The van der Waals surface area contributed by atoms with Crippen LogP contribution in [-0.2, 0) is 0 Å². The highest BCUT2D eigenvalue weighted by molar-refractivity contribution is 5.91. The molecule has 100 valence electrons. The average Bonchev–Trinajstić information content (AvgIpc) is 2.39. The lowest BCUT2D eigenvalue weighted by molar-refractivity contribution is 0.0995. The molecule has 0 saturated carbocycles. The molecule has 1 amide bonds. The van der Waals surface area contributed by atoms with Gasteiger partial charge in [-0.2, -0.15) is 0 Å². The molecular formula is C13H21N3O2. The van der Waals surface area contributed by atoms with Crippen LogP contribution >= 0.6 is 0 Å². The summed E-state index contributed by atoms with van der Waals surface area (Å²) < 4.78 is 0. The molecule has 0 spiro atoms. The third-order valence-electron chi connectivity index (χ3n) is 3.05. The zero-order valence-corrected chi connectivity index (χ0v) is 11.0. The first-order valence-electron chi connectivity index (χ1n) is 6.27. The van der Waals surface area contributed by atoms with Gasteiger partial charge in [0.2, 0.25) is 0 Å². The third kappa shape index (κ3) is 3.43. The van der Waals surface area contributed by atoms with Crippen LogP contribution in [0.4, 0.5) is 5.69 Å². The average molecular weight is 251 g/mol. The van der Waals surface area contributed by atoms with Crippen molar-refractivity contribution < 1.29 is 9.90 Å². The number of nitrogens with two attached hydrogens (primary N) is 1. The van der Waals surface area contributed by atoms with Gasteiger partial charge >= 0.3 is 0 Å². The van der Waals surface area contributed by atoms with Gasteiger partial charge in [0.1, 0.15) is 5.69 Å². The molecule has 0 aliphatic heterocycles. The Morgan fingerprint density at radius 1 is 1.50 bits per heavy atom. The van der Waals surface area contributed by atoms with Crippen molar-refractivity contribution in [2.75, 3.05) is 18.1 Å². The van der Waals surface area contributed by atoms with Crippen molar-refractivity contribution in [3.63, 3.8) is 0 Å². The van der Waals surface area contributed by atoms with Crippen molar-refractivity contribution in [3.8, 4) is 0 Å². The number of hydrogen-bond donors (Lipinski definition) is 2. The molecule has 5 nitrogen and oxygen atoms in total. The standard InChI is InChI=1S/C13H21N3O2/c1-3-10(4-2)16(7-8-17)11-5-6-15-12(9-11)13(14)18/h5-6,9-10,17H,3-4,7-8H2,1-2H3,(H2,14,18). The smallest absolute Gasteiger partial charge is 0.267 e. The molecular weight excluding hydrogens is 230 g/mol. The quantitative estimate of drug-likeness (QED) is 0.762. The summed E-state index contributed by atoms with van der Waals surface area (Å²) >= 11 is 0. The van der Waals surface area contributed by atoms with E-state index in [0.29, 0.717) is 12.6 Å². The number of aromatic nitrogens is 1. The summed E-state index contributed by atoms with van der Waals surface area (Å²) in [5.74, 6) is -0.537. The van der Waals surface area contributed by atoms with Crippen LogP contribution in [-0.4, -0.2) is 35.2 Å². The molecule has 0 fully saturated rings. The van der Waals surface area contributed by atoms with Crippen LogP contribution in [0.5, 0.6) is 0 Å². The first-order chi connectivity index (χ1) is 8.63. The molecule has 1 heterocycles. The summed E-state index contributed by atoms with van der Waals surface area (Å²) in [7, 11) is 0. The van der Waals surface area contributed by atoms with Crippen LogP contribution in [0.25, 0.3) is 0 Å². The molecule has 1 aromatic heterocycles. The first-order valence-corrected chi connectivity index (χ1v) is 6.27. The minimum atomic E-state index is -0.537. The van der Waals surface area contributed by atoms with Gasteiger partial charge in [-0.05, 0) is 25.0 Å². The van der Waals surface area contributed by atoms with Crippen LogP contribution in [0.2, 0.25) is 0 Å².